The molecule has 2 amide bonds. The summed E-state index contributed by atoms with van der Waals surface area (Å²) in [5.74, 6) is -0.772. The van der Waals surface area contributed by atoms with Crippen LogP contribution in [-0.2, 0) is 9.59 Å². The van der Waals surface area contributed by atoms with E-state index in [1.54, 1.807) is 30.0 Å². The van der Waals surface area contributed by atoms with Gasteiger partial charge in [0.2, 0.25) is 11.8 Å². The van der Waals surface area contributed by atoms with E-state index in [2.05, 4.69) is 5.32 Å². The molecule has 1 aliphatic rings. The van der Waals surface area contributed by atoms with Crippen molar-refractivity contribution in [1.29, 1.82) is 0 Å². The smallest absolute Gasteiger partial charge is 0.244 e. The van der Waals surface area contributed by atoms with Crippen molar-refractivity contribution in [2.24, 2.45) is 5.92 Å². The lowest BCUT2D eigenvalue weighted by Crippen LogP contribution is -2.49. The Balaban J connectivity index is 1.47. The summed E-state index contributed by atoms with van der Waals surface area (Å²) in [6, 6.07) is 14.7. The van der Waals surface area contributed by atoms with Crippen LogP contribution in [0, 0.1) is 11.7 Å². The SMILES string of the molecule is CC(NC(=O)C=Cc1ccccc1)C(=O)N1CCC(C(O)c2ccc(F)cc2)CC1. The minimum absolute atomic E-state index is 0.0122. The van der Waals surface area contributed by atoms with E-state index in [0.717, 1.165) is 5.56 Å². The molecule has 3 rings (SSSR count). The number of piperidine rings is 1. The van der Waals surface area contributed by atoms with Crippen molar-refractivity contribution in [1.82, 2.24) is 10.2 Å². The summed E-state index contributed by atoms with van der Waals surface area (Å²) in [6.45, 7) is 2.71. The molecule has 2 atom stereocenters. The van der Waals surface area contributed by atoms with Gasteiger partial charge < -0.3 is 15.3 Å². The number of benzene rings is 2. The first-order chi connectivity index (χ1) is 14.4. The third kappa shape index (κ3) is 5.76. The molecule has 1 heterocycles. The molecule has 1 fully saturated rings. The molecule has 30 heavy (non-hydrogen) atoms. The van der Waals surface area contributed by atoms with Gasteiger partial charge in [0.1, 0.15) is 11.9 Å². The average Bonchev–Trinajstić information content (AvgIpc) is 2.78. The zero-order chi connectivity index (χ0) is 21.5. The van der Waals surface area contributed by atoms with E-state index in [9.17, 15) is 19.1 Å². The van der Waals surface area contributed by atoms with Gasteiger partial charge in [0, 0.05) is 19.2 Å². The lowest BCUT2D eigenvalue weighted by molar-refractivity contribution is -0.137. The topological polar surface area (TPSA) is 69.6 Å². The van der Waals surface area contributed by atoms with Gasteiger partial charge in [-0.25, -0.2) is 4.39 Å². The maximum atomic E-state index is 13.1. The number of aliphatic hydroxyl groups is 1. The van der Waals surface area contributed by atoms with Gasteiger partial charge in [-0.3, -0.25) is 9.59 Å². The first-order valence-corrected chi connectivity index (χ1v) is 10.2. The van der Waals surface area contributed by atoms with Crippen LogP contribution in [0.25, 0.3) is 6.08 Å². The average molecular weight is 410 g/mol. The number of halogens is 1. The summed E-state index contributed by atoms with van der Waals surface area (Å²) in [5.41, 5.74) is 1.60. The first kappa shape index (κ1) is 21.7. The van der Waals surface area contributed by atoms with Crippen LogP contribution < -0.4 is 5.32 Å². The van der Waals surface area contributed by atoms with E-state index in [1.165, 1.54) is 18.2 Å². The van der Waals surface area contributed by atoms with Gasteiger partial charge in [-0.1, -0.05) is 42.5 Å². The number of carbonyl (C=O) groups is 2. The standard InChI is InChI=1S/C24H27FN2O3/c1-17(26-22(28)12-7-18-5-3-2-4-6-18)24(30)27-15-13-20(14-16-27)23(29)19-8-10-21(25)11-9-19/h2-12,17,20,23,29H,13-16H2,1H3,(H,26,28). The minimum Gasteiger partial charge on any atom is -0.388 e. The predicted molar refractivity (Wildman–Crippen MR) is 114 cm³/mol. The third-order valence-electron chi connectivity index (χ3n) is 5.47. The lowest BCUT2D eigenvalue weighted by atomic mass is 9.87. The molecule has 1 aliphatic heterocycles. The van der Waals surface area contributed by atoms with Gasteiger partial charge in [-0.05, 0) is 55.0 Å². The van der Waals surface area contributed by atoms with E-state index in [4.69, 9.17) is 0 Å². The van der Waals surface area contributed by atoms with Gasteiger partial charge >= 0.3 is 0 Å². The Bertz CT molecular complexity index is 875. The second kappa shape index (κ2) is 10.2. The Labute approximate surface area is 176 Å². The van der Waals surface area contributed by atoms with Crippen molar-refractivity contribution < 1.29 is 19.1 Å². The van der Waals surface area contributed by atoms with Gasteiger partial charge in [-0.2, -0.15) is 0 Å². The predicted octanol–water partition coefficient (Wildman–Crippen LogP) is 3.32. The minimum atomic E-state index is -0.678. The fraction of sp³-hybridized carbons (Fsp3) is 0.333. The van der Waals surface area contributed by atoms with Crippen LogP contribution in [0.2, 0.25) is 0 Å². The number of aliphatic hydroxyl groups excluding tert-OH is 1. The van der Waals surface area contributed by atoms with Gasteiger partial charge in [0.05, 0.1) is 6.10 Å². The molecular weight excluding hydrogens is 383 g/mol. The molecule has 2 N–H and O–H groups in total. The highest BCUT2D eigenvalue weighted by atomic mass is 19.1. The summed E-state index contributed by atoms with van der Waals surface area (Å²) in [5, 5.41) is 13.3. The second-order valence-corrected chi connectivity index (χ2v) is 7.63. The number of hydrogen-bond acceptors (Lipinski definition) is 3. The largest absolute Gasteiger partial charge is 0.388 e. The maximum absolute atomic E-state index is 13.1. The Morgan fingerprint density at radius 2 is 1.73 bits per heavy atom. The molecule has 0 bridgehead atoms. The van der Waals surface area contributed by atoms with Crippen molar-refractivity contribution in [3.8, 4) is 0 Å². The molecule has 0 spiro atoms. The molecule has 0 radical (unpaired) electrons. The van der Waals surface area contributed by atoms with Gasteiger partial charge in [0.25, 0.3) is 0 Å². The second-order valence-electron chi connectivity index (χ2n) is 7.63. The molecule has 6 heteroatoms. The molecule has 0 saturated carbocycles. The number of nitrogens with zero attached hydrogens (tertiary/aromatic N) is 1. The third-order valence-corrected chi connectivity index (χ3v) is 5.47. The highest BCUT2D eigenvalue weighted by molar-refractivity contribution is 5.95. The molecule has 2 unspecified atom stereocenters. The van der Waals surface area contributed by atoms with Crippen LogP contribution in [0.15, 0.2) is 60.7 Å². The number of hydrogen-bond donors (Lipinski definition) is 2. The molecule has 0 aliphatic carbocycles. The Morgan fingerprint density at radius 1 is 1.10 bits per heavy atom. The van der Waals surface area contributed by atoms with Crippen molar-refractivity contribution in [2.75, 3.05) is 13.1 Å². The number of amides is 2. The summed E-state index contributed by atoms with van der Waals surface area (Å²) in [7, 11) is 0. The van der Waals surface area contributed by atoms with E-state index in [-0.39, 0.29) is 23.5 Å². The van der Waals surface area contributed by atoms with Crippen molar-refractivity contribution >= 4 is 17.9 Å². The number of rotatable bonds is 6. The van der Waals surface area contributed by atoms with Crippen molar-refractivity contribution in [3.63, 3.8) is 0 Å². The highest BCUT2D eigenvalue weighted by Crippen LogP contribution is 2.31. The van der Waals surface area contributed by atoms with E-state index < -0.39 is 12.1 Å². The number of carbonyl (C=O) groups excluding carboxylic acids is 2. The van der Waals surface area contributed by atoms with Crippen LogP contribution >= 0.6 is 0 Å². The molecule has 0 aromatic heterocycles. The van der Waals surface area contributed by atoms with Gasteiger partial charge in [0.15, 0.2) is 0 Å². The molecular formula is C24H27FN2O3. The lowest BCUT2D eigenvalue weighted by Gasteiger charge is -2.35. The Kier molecular flexibility index (Phi) is 7.36. The molecule has 2 aromatic rings. The zero-order valence-electron chi connectivity index (χ0n) is 17.0. The van der Waals surface area contributed by atoms with Crippen molar-refractivity contribution in [3.05, 3.63) is 77.6 Å². The molecule has 2 aromatic carbocycles. The fourth-order valence-electron chi connectivity index (χ4n) is 3.70. The first-order valence-electron chi connectivity index (χ1n) is 10.2. The maximum Gasteiger partial charge on any atom is 0.244 e. The van der Waals surface area contributed by atoms with Crippen LogP contribution in [0.3, 0.4) is 0 Å². The molecule has 1 saturated heterocycles. The summed E-state index contributed by atoms with van der Waals surface area (Å²) < 4.78 is 13.1. The number of nitrogens with one attached hydrogen (secondary N) is 1. The molecule has 158 valence electrons. The summed E-state index contributed by atoms with van der Waals surface area (Å²) in [6.07, 6.45) is 3.75. The Hall–Kier alpha value is -2.99. The van der Waals surface area contributed by atoms with Crippen molar-refractivity contribution in [2.45, 2.75) is 31.9 Å². The van der Waals surface area contributed by atoms with Crippen LogP contribution in [0.4, 0.5) is 4.39 Å². The van der Waals surface area contributed by atoms with Crippen LogP contribution in [0.5, 0.6) is 0 Å². The summed E-state index contributed by atoms with van der Waals surface area (Å²) in [4.78, 5) is 26.5. The zero-order valence-corrected chi connectivity index (χ0v) is 17.0. The quantitative estimate of drug-likeness (QED) is 0.718. The normalized spacial score (nSPS) is 17.0. The van der Waals surface area contributed by atoms with E-state index in [1.807, 2.05) is 30.3 Å². The monoisotopic (exact) mass is 410 g/mol. The molecule has 5 nitrogen and oxygen atoms in total. The van der Waals surface area contributed by atoms with Crippen LogP contribution in [0.1, 0.15) is 37.0 Å². The van der Waals surface area contributed by atoms with Gasteiger partial charge in [-0.15, -0.1) is 0 Å². The van der Waals surface area contributed by atoms with E-state index in [0.29, 0.717) is 31.5 Å². The Morgan fingerprint density at radius 3 is 2.37 bits per heavy atom. The van der Waals surface area contributed by atoms with E-state index >= 15 is 0 Å². The summed E-state index contributed by atoms with van der Waals surface area (Å²) >= 11 is 0. The van der Waals surface area contributed by atoms with Crippen LogP contribution in [-0.4, -0.2) is 41.0 Å². The fourth-order valence-corrected chi connectivity index (χ4v) is 3.70. The number of likely N-dealkylation sites (tertiary alicyclic amines) is 1. The highest BCUT2D eigenvalue weighted by Gasteiger charge is 2.30.